The minimum atomic E-state index is -1.19. The first-order chi connectivity index (χ1) is 19.0. The zero-order valence-corrected chi connectivity index (χ0v) is 22.6. The van der Waals surface area contributed by atoms with E-state index < -0.39 is 47.9 Å². The van der Waals surface area contributed by atoms with Crippen LogP contribution in [0.1, 0.15) is 44.5 Å². The van der Waals surface area contributed by atoms with E-state index in [1.807, 2.05) is 6.92 Å². The Morgan fingerprint density at radius 1 is 0.950 bits per heavy atom. The number of carboxylic acids is 1. The van der Waals surface area contributed by atoms with Crippen LogP contribution in [0, 0.1) is 5.92 Å². The third kappa shape index (κ3) is 10.4. The molecule has 2 aromatic heterocycles. The maximum atomic E-state index is 13.4. The van der Waals surface area contributed by atoms with Gasteiger partial charge in [0.1, 0.15) is 18.1 Å². The second-order valence-corrected chi connectivity index (χ2v) is 9.45. The van der Waals surface area contributed by atoms with E-state index in [0.717, 1.165) is 0 Å². The molecule has 5 unspecified atom stereocenters. The Labute approximate surface area is 231 Å². The van der Waals surface area contributed by atoms with Gasteiger partial charge in [-0.05, 0) is 18.8 Å². The average Bonchev–Trinajstić information content (AvgIpc) is 3.62. The fraction of sp³-hybridized carbons (Fsp3) is 0.542. The highest BCUT2D eigenvalue weighted by Crippen LogP contribution is 2.10. The molecule has 2 aromatic rings. The van der Waals surface area contributed by atoms with Crippen molar-refractivity contribution < 1.29 is 24.3 Å². The lowest BCUT2D eigenvalue weighted by atomic mass is 9.98. The van der Waals surface area contributed by atoms with Gasteiger partial charge in [-0.2, -0.15) is 0 Å². The van der Waals surface area contributed by atoms with E-state index in [-0.39, 0.29) is 37.7 Å². The highest BCUT2D eigenvalue weighted by Gasteiger charge is 2.32. The number of imidazole rings is 2. The van der Waals surface area contributed by atoms with Gasteiger partial charge in [-0.25, -0.2) is 14.8 Å². The SMILES string of the molecule is CCC(C)C(NC(=O)C(Cc1cnc[nH]1)NC(=O)C(CCCN=C(N)N)NC(=O)C(N)Cc1cnc[nH]1)C(=O)O. The normalized spacial score (nSPS) is 14.7. The van der Waals surface area contributed by atoms with Crippen molar-refractivity contribution in [1.82, 2.24) is 35.9 Å². The molecule has 220 valence electrons. The molecule has 16 heteroatoms. The summed E-state index contributed by atoms with van der Waals surface area (Å²) in [6.45, 7) is 3.72. The molecule has 12 N–H and O–H groups in total. The molecule has 3 amide bonds. The molecular formula is C24H39N11O5. The van der Waals surface area contributed by atoms with Crippen LogP contribution in [0.25, 0.3) is 0 Å². The summed E-state index contributed by atoms with van der Waals surface area (Å²) >= 11 is 0. The number of nitrogens with one attached hydrogen (secondary N) is 5. The van der Waals surface area contributed by atoms with Gasteiger partial charge in [0.05, 0.1) is 18.7 Å². The number of carbonyl (C=O) groups excluding carboxylic acids is 3. The van der Waals surface area contributed by atoms with E-state index >= 15 is 0 Å². The third-order valence-corrected chi connectivity index (χ3v) is 6.30. The van der Waals surface area contributed by atoms with Crippen LogP contribution in [0.5, 0.6) is 0 Å². The third-order valence-electron chi connectivity index (χ3n) is 6.30. The Bertz CT molecular complexity index is 1120. The van der Waals surface area contributed by atoms with Gasteiger partial charge >= 0.3 is 5.97 Å². The largest absolute Gasteiger partial charge is 0.480 e. The number of nitrogens with zero attached hydrogens (tertiary/aromatic N) is 3. The lowest BCUT2D eigenvalue weighted by Crippen LogP contribution is -2.58. The van der Waals surface area contributed by atoms with Gasteiger partial charge in [-0.3, -0.25) is 19.4 Å². The van der Waals surface area contributed by atoms with Gasteiger partial charge < -0.3 is 48.2 Å². The van der Waals surface area contributed by atoms with Gasteiger partial charge in [0.15, 0.2) is 5.96 Å². The van der Waals surface area contributed by atoms with Crippen molar-refractivity contribution in [3.05, 3.63) is 36.4 Å². The van der Waals surface area contributed by atoms with Gasteiger partial charge in [0.25, 0.3) is 0 Å². The van der Waals surface area contributed by atoms with Gasteiger partial charge in [-0.15, -0.1) is 0 Å². The average molecular weight is 562 g/mol. The predicted molar refractivity (Wildman–Crippen MR) is 145 cm³/mol. The van der Waals surface area contributed by atoms with Crippen LogP contribution in [0.4, 0.5) is 0 Å². The molecule has 0 aliphatic heterocycles. The van der Waals surface area contributed by atoms with Gasteiger partial charge in [-0.1, -0.05) is 20.3 Å². The Morgan fingerprint density at radius 2 is 1.52 bits per heavy atom. The number of aromatic nitrogens is 4. The van der Waals surface area contributed by atoms with E-state index in [2.05, 4.69) is 40.9 Å². The number of guanidine groups is 1. The van der Waals surface area contributed by atoms with Crippen LogP contribution >= 0.6 is 0 Å². The number of aliphatic imine (C=N–C) groups is 1. The van der Waals surface area contributed by atoms with Crippen molar-refractivity contribution >= 4 is 29.7 Å². The first-order valence-electron chi connectivity index (χ1n) is 12.9. The second kappa shape index (κ2) is 15.8. The van der Waals surface area contributed by atoms with Crippen LogP contribution in [0.3, 0.4) is 0 Å². The highest BCUT2D eigenvalue weighted by atomic mass is 16.4. The second-order valence-electron chi connectivity index (χ2n) is 9.45. The first-order valence-corrected chi connectivity index (χ1v) is 12.9. The standard InChI is InChI=1S/C24H39N11O5/c1-3-13(2)19(23(39)40)35-22(38)18(8-15-10-29-12-32-15)34-21(37)17(5-4-6-30-24(26)27)33-20(36)16(25)7-14-9-28-11-31-14/h9-13,16-19H,3-8,25H2,1-2H3,(H,28,31)(H,29,32)(H,33,36)(H,34,37)(H,35,38)(H,39,40)(H4,26,27,30). The Balaban J connectivity index is 2.20. The van der Waals surface area contributed by atoms with E-state index in [1.54, 1.807) is 6.92 Å². The van der Waals surface area contributed by atoms with E-state index in [4.69, 9.17) is 17.2 Å². The van der Waals surface area contributed by atoms with E-state index in [9.17, 15) is 24.3 Å². The van der Waals surface area contributed by atoms with E-state index in [0.29, 0.717) is 24.2 Å². The molecule has 16 nitrogen and oxygen atoms in total. The minimum Gasteiger partial charge on any atom is -0.480 e. The number of hydrogen-bond donors (Lipinski definition) is 9. The fourth-order valence-corrected chi connectivity index (χ4v) is 3.81. The van der Waals surface area contributed by atoms with Gasteiger partial charge in [0.2, 0.25) is 17.7 Å². The number of carboxylic acid groups (broad SMARTS) is 1. The topological polar surface area (TPSA) is 272 Å². The molecule has 2 heterocycles. The number of amides is 3. The van der Waals surface area contributed by atoms with E-state index in [1.165, 1.54) is 25.0 Å². The molecule has 0 aromatic carbocycles. The monoisotopic (exact) mass is 561 g/mol. The van der Waals surface area contributed by atoms with Crippen molar-refractivity contribution in [2.75, 3.05) is 6.54 Å². The summed E-state index contributed by atoms with van der Waals surface area (Å²) < 4.78 is 0. The van der Waals surface area contributed by atoms with Crippen LogP contribution in [0.15, 0.2) is 30.0 Å². The maximum Gasteiger partial charge on any atom is 0.326 e. The first kappa shape index (κ1) is 31.7. The smallest absolute Gasteiger partial charge is 0.326 e. The molecule has 40 heavy (non-hydrogen) atoms. The summed E-state index contributed by atoms with van der Waals surface area (Å²) in [5, 5.41) is 17.4. The summed E-state index contributed by atoms with van der Waals surface area (Å²) in [6.07, 6.45) is 7.03. The lowest BCUT2D eigenvalue weighted by Gasteiger charge is -2.26. The minimum absolute atomic E-state index is 0.00156. The van der Waals surface area contributed by atoms with Crippen LogP contribution in [0.2, 0.25) is 0 Å². The molecule has 0 spiro atoms. The Morgan fingerprint density at radius 3 is 2.05 bits per heavy atom. The predicted octanol–water partition coefficient (Wildman–Crippen LogP) is -2.12. The number of aromatic amines is 2. The highest BCUT2D eigenvalue weighted by molar-refractivity contribution is 5.94. The summed E-state index contributed by atoms with van der Waals surface area (Å²) in [6, 6.07) is -4.40. The molecule has 0 bridgehead atoms. The van der Waals surface area contributed by atoms with Crippen LogP contribution in [-0.2, 0) is 32.0 Å². The molecule has 5 atom stereocenters. The molecule has 0 fully saturated rings. The summed E-state index contributed by atoms with van der Waals surface area (Å²) in [5.41, 5.74) is 18.0. The molecular weight excluding hydrogens is 522 g/mol. The number of nitrogens with two attached hydrogens (primary N) is 3. The Hall–Kier alpha value is -4.47. The van der Waals surface area contributed by atoms with Crippen LogP contribution < -0.4 is 33.2 Å². The quantitative estimate of drug-likeness (QED) is 0.0575. The lowest BCUT2D eigenvalue weighted by molar-refractivity contribution is -0.143. The number of aliphatic carboxylic acids is 1. The Kier molecular flexibility index (Phi) is 12.6. The van der Waals surface area contributed by atoms with Crippen molar-refractivity contribution in [1.29, 1.82) is 0 Å². The summed E-state index contributed by atoms with van der Waals surface area (Å²) in [5.74, 6) is -3.61. The molecule has 0 radical (unpaired) electrons. The molecule has 2 rings (SSSR count). The molecule has 0 aliphatic carbocycles. The van der Waals surface area contributed by atoms with Crippen molar-refractivity contribution in [2.24, 2.45) is 28.1 Å². The zero-order valence-electron chi connectivity index (χ0n) is 22.6. The molecule has 0 aliphatic rings. The van der Waals surface area contributed by atoms with Gasteiger partial charge in [0, 0.05) is 43.2 Å². The van der Waals surface area contributed by atoms with Crippen LogP contribution in [-0.4, -0.2) is 85.4 Å². The fourth-order valence-electron chi connectivity index (χ4n) is 3.81. The molecule has 0 saturated carbocycles. The number of rotatable bonds is 17. The summed E-state index contributed by atoms with van der Waals surface area (Å²) in [7, 11) is 0. The summed E-state index contributed by atoms with van der Waals surface area (Å²) in [4.78, 5) is 68.7. The molecule has 0 saturated heterocycles. The van der Waals surface area contributed by atoms with Crippen molar-refractivity contribution in [2.45, 2.75) is 70.1 Å². The number of carbonyl (C=O) groups is 4. The number of hydrogen-bond acceptors (Lipinski definition) is 8. The number of H-pyrrole nitrogens is 2. The zero-order chi connectivity index (χ0) is 29.7. The van der Waals surface area contributed by atoms with Crippen molar-refractivity contribution in [3.8, 4) is 0 Å². The maximum absolute atomic E-state index is 13.4. The van der Waals surface area contributed by atoms with Crippen molar-refractivity contribution in [3.63, 3.8) is 0 Å².